The van der Waals surface area contributed by atoms with E-state index in [0.717, 1.165) is 61.9 Å². The van der Waals surface area contributed by atoms with Crippen LogP contribution in [-0.4, -0.2) is 47.0 Å². The Bertz CT molecular complexity index is 1040. The number of hydrogen-bond acceptors (Lipinski definition) is 4. The average Bonchev–Trinajstić information content (AvgIpc) is 2.81. The molecule has 160 valence electrons. The highest BCUT2D eigenvalue weighted by Crippen LogP contribution is 2.29. The number of aryl methyl sites for hydroxylation is 2. The molecule has 0 radical (unpaired) electrons. The van der Waals surface area contributed by atoms with Gasteiger partial charge in [-0.1, -0.05) is 67.1 Å². The van der Waals surface area contributed by atoms with Crippen LogP contribution in [0.2, 0.25) is 0 Å². The molecule has 3 aromatic rings. The monoisotopic (exact) mass is 414 g/mol. The molecule has 2 heterocycles. The molecule has 31 heavy (non-hydrogen) atoms. The molecule has 0 spiro atoms. The van der Waals surface area contributed by atoms with Gasteiger partial charge in [-0.3, -0.25) is 4.79 Å². The summed E-state index contributed by atoms with van der Waals surface area (Å²) in [4.78, 5) is 26.1. The fourth-order valence-electron chi connectivity index (χ4n) is 4.11. The fourth-order valence-corrected chi connectivity index (χ4v) is 4.11. The van der Waals surface area contributed by atoms with Crippen LogP contribution in [0.5, 0.6) is 0 Å². The Morgan fingerprint density at radius 1 is 0.935 bits per heavy atom. The van der Waals surface area contributed by atoms with Gasteiger partial charge in [-0.25, -0.2) is 9.97 Å². The van der Waals surface area contributed by atoms with E-state index >= 15 is 0 Å². The first-order chi connectivity index (χ1) is 15.0. The van der Waals surface area contributed by atoms with Crippen molar-refractivity contribution in [1.29, 1.82) is 0 Å². The number of rotatable bonds is 5. The Labute approximate surface area is 184 Å². The van der Waals surface area contributed by atoms with Gasteiger partial charge in [-0.15, -0.1) is 0 Å². The van der Waals surface area contributed by atoms with Crippen LogP contribution in [-0.2, 0) is 17.6 Å². The van der Waals surface area contributed by atoms with Gasteiger partial charge in [0, 0.05) is 56.3 Å². The van der Waals surface area contributed by atoms with Crippen LogP contribution >= 0.6 is 0 Å². The summed E-state index contributed by atoms with van der Waals surface area (Å²) >= 11 is 0. The van der Waals surface area contributed by atoms with Gasteiger partial charge < -0.3 is 9.80 Å². The van der Waals surface area contributed by atoms with Crippen LogP contribution in [0.4, 0.5) is 5.82 Å². The zero-order valence-corrected chi connectivity index (χ0v) is 18.6. The van der Waals surface area contributed by atoms with Crippen molar-refractivity contribution in [2.45, 2.75) is 33.6 Å². The molecule has 0 atom stereocenters. The molecule has 5 heteroatoms. The van der Waals surface area contributed by atoms with E-state index in [-0.39, 0.29) is 5.91 Å². The van der Waals surface area contributed by atoms with Gasteiger partial charge in [0.1, 0.15) is 5.82 Å². The van der Waals surface area contributed by atoms with E-state index in [1.165, 1.54) is 16.7 Å². The summed E-state index contributed by atoms with van der Waals surface area (Å²) in [6.45, 7) is 8.94. The normalized spacial score (nSPS) is 14.0. The lowest BCUT2D eigenvalue weighted by molar-refractivity contribution is -0.129. The molecule has 0 unspecified atom stereocenters. The number of hydrogen-bond donors (Lipinski definition) is 0. The highest BCUT2D eigenvalue weighted by molar-refractivity contribution is 5.73. The molecule has 0 bridgehead atoms. The number of carbonyl (C=O) groups is 1. The molecule has 2 aromatic carbocycles. The Kier molecular flexibility index (Phi) is 6.31. The second-order valence-electron chi connectivity index (χ2n) is 8.17. The van der Waals surface area contributed by atoms with Crippen molar-refractivity contribution in [2.24, 2.45) is 0 Å². The van der Waals surface area contributed by atoms with Gasteiger partial charge in [-0.05, 0) is 18.9 Å². The molecule has 4 rings (SSSR count). The maximum Gasteiger partial charge on any atom is 0.219 e. The largest absolute Gasteiger partial charge is 0.353 e. The number of nitrogens with zero attached hydrogens (tertiary/aromatic N) is 4. The fraction of sp³-hybridized carbons (Fsp3) is 0.346. The Balaban J connectivity index is 1.76. The summed E-state index contributed by atoms with van der Waals surface area (Å²) in [6, 6.07) is 18.9. The van der Waals surface area contributed by atoms with Crippen LogP contribution in [0.25, 0.3) is 11.4 Å². The first-order valence-corrected chi connectivity index (χ1v) is 11.1. The number of benzene rings is 2. The van der Waals surface area contributed by atoms with Gasteiger partial charge in [0.05, 0.1) is 0 Å². The van der Waals surface area contributed by atoms with Gasteiger partial charge >= 0.3 is 0 Å². The lowest BCUT2D eigenvalue weighted by atomic mass is 10.0. The van der Waals surface area contributed by atoms with Gasteiger partial charge in [0.2, 0.25) is 5.91 Å². The zero-order chi connectivity index (χ0) is 21.8. The lowest BCUT2D eigenvalue weighted by Gasteiger charge is -2.36. The minimum absolute atomic E-state index is 0.140. The minimum Gasteiger partial charge on any atom is -0.353 e. The maximum absolute atomic E-state index is 11.8. The lowest BCUT2D eigenvalue weighted by Crippen LogP contribution is -2.48. The summed E-state index contributed by atoms with van der Waals surface area (Å²) in [5, 5.41) is 0. The molecule has 1 saturated heterocycles. The van der Waals surface area contributed by atoms with Crippen molar-refractivity contribution < 1.29 is 4.79 Å². The molecule has 5 nitrogen and oxygen atoms in total. The van der Waals surface area contributed by atoms with E-state index in [9.17, 15) is 4.79 Å². The topological polar surface area (TPSA) is 49.3 Å². The summed E-state index contributed by atoms with van der Waals surface area (Å²) < 4.78 is 0. The van der Waals surface area contributed by atoms with Crippen molar-refractivity contribution in [3.63, 3.8) is 0 Å². The number of amides is 1. The molecular weight excluding hydrogens is 384 g/mol. The van der Waals surface area contributed by atoms with Gasteiger partial charge in [0.15, 0.2) is 5.82 Å². The van der Waals surface area contributed by atoms with Gasteiger partial charge in [-0.2, -0.15) is 0 Å². The molecule has 1 aliphatic rings. The second kappa shape index (κ2) is 9.29. The summed E-state index contributed by atoms with van der Waals surface area (Å²) in [5.74, 6) is 1.92. The van der Waals surface area contributed by atoms with Crippen molar-refractivity contribution in [1.82, 2.24) is 14.9 Å². The second-order valence-corrected chi connectivity index (χ2v) is 8.17. The van der Waals surface area contributed by atoms with E-state index < -0.39 is 0 Å². The maximum atomic E-state index is 11.8. The quantitative estimate of drug-likeness (QED) is 0.625. The van der Waals surface area contributed by atoms with Crippen molar-refractivity contribution in [3.05, 3.63) is 77.0 Å². The molecule has 0 N–H and O–H groups in total. The third kappa shape index (κ3) is 4.76. The predicted molar refractivity (Wildman–Crippen MR) is 125 cm³/mol. The standard InChI is InChI=1S/C26H30N4O/c1-4-24-23(18-21-12-10-19(2)11-13-21)26(30-16-14-29(15-17-30)20(3)31)28-25(27-24)22-8-6-5-7-9-22/h5-13H,4,14-18H2,1-3H3. The Morgan fingerprint density at radius 2 is 1.61 bits per heavy atom. The zero-order valence-electron chi connectivity index (χ0n) is 18.6. The van der Waals surface area contributed by atoms with Crippen molar-refractivity contribution in [3.8, 4) is 11.4 Å². The number of anilines is 1. The molecular formula is C26H30N4O. The summed E-state index contributed by atoms with van der Waals surface area (Å²) in [6.07, 6.45) is 1.66. The first kappa shape index (κ1) is 21.0. The van der Waals surface area contributed by atoms with Crippen LogP contribution in [0.3, 0.4) is 0 Å². The van der Waals surface area contributed by atoms with E-state index in [4.69, 9.17) is 9.97 Å². The third-order valence-corrected chi connectivity index (χ3v) is 5.96. The van der Waals surface area contributed by atoms with Crippen LogP contribution < -0.4 is 4.90 Å². The van der Waals surface area contributed by atoms with E-state index in [1.54, 1.807) is 6.92 Å². The average molecular weight is 415 g/mol. The number of aromatic nitrogens is 2. The van der Waals surface area contributed by atoms with Gasteiger partial charge in [0.25, 0.3) is 0 Å². The SMILES string of the molecule is CCc1nc(-c2ccccc2)nc(N2CCN(C(C)=O)CC2)c1Cc1ccc(C)cc1. The number of piperazine rings is 1. The Morgan fingerprint density at radius 3 is 2.23 bits per heavy atom. The highest BCUT2D eigenvalue weighted by atomic mass is 16.2. The third-order valence-electron chi connectivity index (χ3n) is 5.96. The van der Waals surface area contributed by atoms with E-state index in [0.29, 0.717) is 0 Å². The van der Waals surface area contributed by atoms with Crippen molar-refractivity contribution >= 4 is 11.7 Å². The first-order valence-electron chi connectivity index (χ1n) is 11.1. The molecule has 1 amide bonds. The molecule has 0 saturated carbocycles. The molecule has 1 aliphatic heterocycles. The summed E-state index contributed by atoms with van der Waals surface area (Å²) in [5.41, 5.74) is 5.85. The van der Waals surface area contributed by atoms with Crippen LogP contribution in [0.1, 0.15) is 36.2 Å². The highest BCUT2D eigenvalue weighted by Gasteiger charge is 2.24. The molecule has 1 aromatic heterocycles. The van der Waals surface area contributed by atoms with Crippen molar-refractivity contribution in [2.75, 3.05) is 31.1 Å². The van der Waals surface area contributed by atoms with Crippen LogP contribution in [0.15, 0.2) is 54.6 Å². The molecule has 1 fully saturated rings. The molecule has 0 aliphatic carbocycles. The minimum atomic E-state index is 0.140. The Hall–Kier alpha value is -3.21. The van der Waals surface area contributed by atoms with E-state index in [1.807, 2.05) is 23.1 Å². The predicted octanol–water partition coefficient (Wildman–Crippen LogP) is 4.27. The van der Waals surface area contributed by atoms with E-state index in [2.05, 4.69) is 55.1 Å². The smallest absolute Gasteiger partial charge is 0.219 e. The summed E-state index contributed by atoms with van der Waals surface area (Å²) in [7, 11) is 0. The van der Waals surface area contributed by atoms with Crippen LogP contribution in [0, 0.1) is 6.92 Å². The number of carbonyl (C=O) groups excluding carboxylic acids is 1.